The summed E-state index contributed by atoms with van der Waals surface area (Å²) in [4.78, 5) is 11.6. The quantitative estimate of drug-likeness (QED) is 0.765. The van der Waals surface area contributed by atoms with Crippen molar-refractivity contribution < 1.29 is 13.9 Å². The van der Waals surface area contributed by atoms with Gasteiger partial charge in [-0.2, -0.15) is 0 Å². The van der Waals surface area contributed by atoms with Crippen molar-refractivity contribution in [1.29, 1.82) is 0 Å². The van der Waals surface area contributed by atoms with E-state index < -0.39 is 0 Å². The van der Waals surface area contributed by atoms with Gasteiger partial charge in [-0.25, -0.2) is 0 Å². The average Bonchev–Trinajstić information content (AvgIpc) is 2.51. The predicted molar refractivity (Wildman–Crippen MR) is 56.4 cm³/mol. The van der Waals surface area contributed by atoms with Crippen LogP contribution in [-0.2, 0) is 4.74 Å². The van der Waals surface area contributed by atoms with E-state index in [-0.39, 0.29) is 11.7 Å². The number of ether oxygens (including phenoxy) is 1. The molecule has 1 aromatic rings. The van der Waals surface area contributed by atoms with E-state index >= 15 is 0 Å². The molecule has 1 heterocycles. The molecule has 0 bridgehead atoms. The van der Waals surface area contributed by atoms with Crippen molar-refractivity contribution in [2.24, 2.45) is 5.92 Å². The van der Waals surface area contributed by atoms with Gasteiger partial charge in [0.1, 0.15) is 0 Å². The molecular weight excluding hydrogens is 248 g/mol. The molecule has 0 radical (unpaired) electrons. The summed E-state index contributed by atoms with van der Waals surface area (Å²) < 4.78 is 10.7. The Morgan fingerprint density at radius 2 is 2.43 bits per heavy atom. The SMILES string of the molecule is COCC(C)CC(=O)c1occc1Br. The van der Waals surface area contributed by atoms with Gasteiger partial charge in [-0.3, -0.25) is 4.79 Å². The third-order valence-electron chi connectivity index (χ3n) is 1.86. The largest absolute Gasteiger partial charge is 0.460 e. The number of hydrogen-bond donors (Lipinski definition) is 0. The van der Waals surface area contributed by atoms with Crippen molar-refractivity contribution in [2.45, 2.75) is 13.3 Å². The summed E-state index contributed by atoms with van der Waals surface area (Å²) >= 11 is 3.25. The number of methoxy groups -OCH3 is 1. The van der Waals surface area contributed by atoms with E-state index in [4.69, 9.17) is 9.15 Å². The fourth-order valence-corrected chi connectivity index (χ4v) is 1.67. The van der Waals surface area contributed by atoms with Gasteiger partial charge in [-0.15, -0.1) is 0 Å². The van der Waals surface area contributed by atoms with Gasteiger partial charge >= 0.3 is 0 Å². The zero-order valence-corrected chi connectivity index (χ0v) is 9.83. The van der Waals surface area contributed by atoms with Gasteiger partial charge in [0.2, 0.25) is 0 Å². The molecule has 0 saturated carbocycles. The van der Waals surface area contributed by atoms with Crippen molar-refractivity contribution in [3.8, 4) is 0 Å². The van der Waals surface area contributed by atoms with Gasteiger partial charge in [-0.1, -0.05) is 6.92 Å². The molecule has 1 rings (SSSR count). The van der Waals surface area contributed by atoms with Crippen LogP contribution >= 0.6 is 15.9 Å². The molecule has 0 aliphatic rings. The highest BCUT2D eigenvalue weighted by Gasteiger charge is 2.16. The first kappa shape index (κ1) is 11.5. The summed E-state index contributed by atoms with van der Waals surface area (Å²) in [6.07, 6.45) is 1.94. The van der Waals surface area contributed by atoms with Crippen LogP contribution in [0, 0.1) is 5.92 Å². The molecule has 1 unspecified atom stereocenters. The zero-order valence-electron chi connectivity index (χ0n) is 8.25. The van der Waals surface area contributed by atoms with Gasteiger partial charge in [0.25, 0.3) is 0 Å². The standard InChI is InChI=1S/C10H13BrO3/c1-7(6-13-2)5-9(12)10-8(11)3-4-14-10/h3-4,7H,5-6H2,1-2H3. The van der Waals surface area contributed by atoms with Crippen molar-refractivity contribution in [3.63, 3.8) is 0 Å². The second-order valence-electron chi connectivity index (χ2n) is 3.29. The van der Waals surface area contributed by atoms with E-state index in [1.165, 1.54) is 6.26 Å². The third kappa shape index (κ3) is 2.96. The number of rotatable bonds is 5. The predicted octanol–water partition coefficient (Wildman–Crippen LogP) is 2.90. The van der Waals surface area contributed by atoms with Gasteiger partial charge in [0.05, 0.1) is 10.7 Å². The van der Waals surface area contributed by atoms with Crippen LogP contribution in [0.4, 0.5) is 0 Å². The monoisotopic (exact) mass is 260 g/mol. The van der Waals surface area contributed by atoms with E-state index in [1.54, 1.807) is 13.2 Å². The Kier molecular flexibility index (Phi) is 4.35. The van der Waals surface area contributed by atoms with Gasteiger partial charge in [0.15, 0.2) is 11.5 Å². The van der Waals surface area contributed by atoms with Crippen molar-refractivity contribution in [3.05, 3.63) is 22.6 Å². The highest BCUT2D eigenvalue weighted by atomic mass is 79.9. The Hall–Kier alpha value is -0.610. The first-order valence-corrected chi connectivity index (χ1v) is 5.19. The molecule has 0 amide bonds. The minimum absolute atomic E-state index is 0.00595. The van der Waals surface area contributed by atoms with Gasteiger partial charge in [-0.05, 0) is 27.9 Å². The smallest absolute Gasteiger partial charge is 0.199 e. The van der Waals surface area contributed by atoms with Gasteiger partial charge in [0, 0.05) is 20.1 Å². The summed E-state index contributed by atoms with van der Waals surface area (Å²) in [5.74, 6) is 0.615. The summed E-state index contributed by atoms with van der Waals surface area (Å²) in [7, 11) is 1.63. The lowest BCUT2D eigenvalue weighted by Gasteiger charge is -2.07. The highest BCUT2D eigenvalue weighted by molar-refractivity contribution is 9.10. The molecule has 3 nitrogen and oxygen atoms in total. The second-order valence-corrected chi connectivity index (χ2v) is 4.14. The molecule has 4 heteroatoms. The summed E-state index contributed by atoms with van der Waals surface area (Å²) in [5.41, 5.74) is 0. The Morgan fingerprint density at radius 3 is 2.93 bits per heavy atom. The lowest BCUT2D eigenvalue weighted by Crippen LogP contribution is -2.10. The van der Waals surface area contributed by atoms with Crippen LogP contribution in [0.15, 0.2) is 21.2 Å². The summed E-state index contributed by atoms with van der Waals surface area (Å²) in [6, 6.07) is 1.72. The Bertz CT molecular complexity index is 306. The summed E-state index contributed by atoms with van der Waals surface area (Å²) in [6.45, 7) is 2.56. The third-order valence-corrected chi connectivity index (χ3v) is 2.48. The average molecular weight is 261 g/mol. The Balaban J connectivity index is 2.55. The normalized spacial score (nSPS) is 12.8. The molecular formula is C10H13BrO3. The number of carbonyl (C=O) groups is 1. The van der Waals surface area contributed by atoms with E-state index in [9.17, 15) is 4.79 Å². The molecule has 0 fully saturated rings. The van der Waals surface area contributed by atoms with E-state index in [0.717, 1.165) is 0 Å². The lowest BCUT2D eigenvalue weighted by molar-refractivity contribution is 0.0892. The van der Waals surface area contributed by atoms with Crippen molar-refractivity contribution in [1.82, 2.24) is 0 Å². The molecule has 0 saturated heterocycles. The van der Waals surface area contributed by atoms with Crippen LogP contribution in [-0.4, -0.2) is 19.5 Å². The first-order valence-electron chi connectivity index (χ1n) is 4.40. The van der Waals surface area contributed by atoms with Crippen LogP contribution in [0.25, 0.3) is 0 Å². The Labute approximate surface area is 91.6 Å². The highest BCUT2D eigenvalue weighted by Crippen LogP contribution is 2.20. The van der Waals surface area contributed by atoms with E-state index in [1.807, 2.05) is 6.92 Å². The number of carbonyl (C=O) groups excluding carboxylic acids is 1. The van der Waals surface area contributed by atoms with Gasteiger partial charge < -0.3 is 9.15 Å². The van der Waals surface area contributed by atoms with Crippen molar-refractivity contribution >= 4 is 21.7 Å². The first-order chi connectivity index (χ1) is 6.65. The zero-order chi connectivity index (χ0) is 10.6. The lowest BCUT2D eigenvalue weighted by atomic mass is 10.0. The number of halogens is 1. The van der Waals surface area contributed by atoms with E-state index in [2.05, 4.69) is 15.9 Å². The number of furan rings is 1. The molecule has 0 aromatic carbocycles. The van der Waals surface area contributed by atoms with Crippen LogP contribution in [0.3, 0.4) is 0 Å². The molecule has 78 valence electrons. The molecule has 0 N–H and O–H groups in total. The summed E-state index contributed by atoms with van der Waals surface area (Å²) in [5, 5.41) is 0. The molecule has 0 spiro atoms. The molecule has 0 aliphatic heterocycles. The number of hydrogen-bond acceptors (Lipinski definition) is 3. The number of ketones is 1. The maximum absolute atomic E-state index is 11.6. The van der Waals surface area contributed by atoms with Crippen LogP contribution < -0.4 is 0 Å². The molecule has 14 heavy (non-hydrogen) atoms. The maximum atomic E-state index is 11.6. The fraction of sp³-hybridized carbons (Fsp3) is 0.500. The fourth-order valence-electron chi connectivity index (χ4n) is 1.25. The minimum atomic E-state index is 0.00595. The molecule has 0 aliphatic carbocycles. The molecule has 1 atom stereocenters. The minimum Gasteiger partial charge on any atom is -0.460 e. The van der Waals surface area contributed by atoms with Crippen molar-refractivity contribution in [2.75, 3.05) is 13.7 Å². The second kappa shape index (κ2) is 5.32. The Morgan fingerprint density at radius 1 is 1.71 bits per heavy atom. The topological polar surface area (TPSA) is 39.4 Å². The van der Waals surface area contributed by atoms with Crippen LogP contribution in [0.2, 0.25) is 0 Å². The number of Topliss-reactive ketones (excluding diaryl/α,β-unsaturated/α-hetero) is 1. The molecule has 1 aromatic heterocycles. The van der Waals surface area contributed by atoms with Crippen LogP contribution in [0.5, 0.6) is 0 Å². The maximum Gasteiger partial charge on any atom is 0.199 e. The van der Waals surface area contributed by atoms with E-state index in [0.29, 0.717) is 23.3 Å². The van der Waals surface area contributed by atoms with Crippen LogP contribution in [0.1, 0.15) is 23.9 Å².